The molecule has 1 amide bonds. The summed E-state index contributed by atoms with van der Waals surface area (Å²) in [6, 6.07) is 2.77. The Morgan fingerprint density at radius 3 is 3.00 bits per heavy atom. The molecule has 0 saturated heterocycles. The summed E-state index contributed by atoms with van der Waals surface area (Å²) in [5, 5.41) is 2.55. The zero-order valence-corrected chi connectivity index (χ0v) is 7.60. The summed E-state index contributed by atoms with van der Waals surface area (Å²) in [7, 11) is 0. The fraction of sp³-hybridized carbons (Fsp3) is 0.250. The van der Waals surface area contributed by atoms with E-state index in [0.29, 0.717) is 18.0 Å². The molecule has 70 valence electrons. The van der Waals surface area contributed by atoms with E-state index in [1.807, 2.05) is 0 Å². The molecule has 0 aliphatic heterocycles. The first-order valence-corrected chi connectivity index (χ1v) is 4.30. The van der Waals surface area contributed by atoms with E-state index in [4.69, 9.17) is 11.6 Å². The monoisotopic (exact) mass is 200 g/mol. The third kappa shape index (κ3) is 2.91. The molecule has 0 unspecified atom stereocenters. The lowest BCUT2D eigenvalue weighted by atomic mass is 10.2. The largest absolute Gasteiger partial charge is 0.351 e. The Kier molecular flexibility index (Phi) is 3.52. The number of hydrogen-bond acceptors (Lipinski definition) is 2. The number of carbonyl (C=O) groups excluding carboxylic acids is 1. The molecule has 0 aliphatic rings. The third-order valence-electron chi connectivity index (χ3n) is 1.42. The Labute approximate surface area is 79.9 Å². The molecule has 1 aromatic rings. The Balaban J connectivity index is 2.71. The van der Waals surface area contributed by atoms with Gasteiger partial charge in [0, 0.05) is 30.3 Å². The second-order valence-electron chi connectivity index (χ2n) is 2.39. The van der Waals surface area contributed by atoms with Crippen LogP contribution in [0.25, 0.3) is 0 Å². The molecule has 0 radical (unpaired) electrons. The van der Waals surface area contributed by atoms with Gasteiger partial charge in [-0.25, -0.2) is 0 Å². The highest BCUT2D eigenvalue weighted by Crippen LogP contribution is 1.91. The molecule has 0 spiro atoms. The number of aromatic amines is 1. The summed E-state index contributed by atoms with van der Waals surface area (Å²) in [6.07, 6.45) is 1.43. The van der Waals surface area contributed by atoms with Crippen LogP contribution >= 0.6 is 11.6 Å². The van der Waals surface area contributed by atoms with E-state index in [1.54, 1.807) is 0 Å². The first kappa shape index (κ1) is 9.80. The highest BCUT2D eigenvalue weighted by atomic mass is 35.5. The SMILES string of the molecule is O=C(NCCCl)c1cc[nH]c(=O)c1. The molecular formula is C8H9ClN2O2. The molecule has 0 saturated carbocycles. The van der Waals surface area contributed by atoms with E-state index in [-0.39, 0.29) is 11.5 Å². The maximum Gasteiger partial charge on any atom is 0.251 e. The van der Waals surface area contributed by atoms with E-state index < -0.39 is 0 Å². The van der Waals surface area contributed by atoms with Crippen molar-refractivity contribution in [2.75, 3.05) is 12.4 Å². The Morgan fingerprint density at radius 1 is 1.62 bits per heavy atom. The van der Waals surface area contributed by atoms with Crippen LogP contribution in [-0.2, 0) is 0 Å². The van der Waals surface area contributed by atoms with Crippen molar-refractivity contribution in [3.63, 3.8) is 0 Å². The fourth-order valence-electron chi connectivity index (χ4n) is 0.849. The highest BCUT2D eigenvalue weighted by molar-refractivity contribution is 6.18. The quantitative estimate of drug-likeness (QED) is 0.692. The van der Waals surface area contributed by atoms with Crippen LogP contribution in [0.4, 0.5) is 0 Å². The van der Waals surface area contributed by atoms with Crippen LogP contribution in [-0.4, -0.2) is 23.3 Å². The number of aromatic nitrogens is 1. The minimum Gasteiger partial charge on any atom is -0.351 e. The summed E-state index contributed by atoms with van der Waals surface area (Å²) in [5.74, 6) is 0.0707. The van der Waals surface area contributed by atoms with Crippen LogP contribution < -0.4 is 10.9 Å². The number of amides is 1. The Morgan fingerprint density at radius 2 is 2.38 bits per heavy atom. The number of nitrogens with one attached hydrogen (secondary N) is 2. The van der Waals surface area contributed by atoms with E-state index in [0.717, 1.165) is 0 Å². The van der Waals surface area contributed by atoms with Gasteiger partial charge in [-0.2, -0.15) is 0 Å². The second-order valence-corrected chi connectivity index (χ2v) is 2.76. The molecule has 1 rings (SSSR count). The third-order valence-corrected chi connectivity index (χ3v) is 1.61. The predicted octanol–water partition coefficient (Wildman–Crippen LogP) is 0.344. The molecule has 4 nitrogen and oxygen atoms in total. The van der Waals surface area contributed by atoms with Crippen molar-refractivity contribution in [1.29, 1.82) is 0 Å². The predicted molar refractivity (Wildman–Crippen MR) is 50.1 cm³/mol. The number of H-pyrrole nitrogens is 1. The van der Waals surface area contributed by atoms with E-state index in [9.17, 15) is 9.59 Å². The molecular weight excluding hydrogens is 192 g/mol. The molecule has 2 N–H and O–H groups in total. The summed E-state index contributed by atoms with van der Waals surface area (Å²) in [6.45, 7) is 0.396. The van der Waals surface area contributed by atoms with Gasteiger partial charge in [-0.05, 0) is 6.07 Å². The zero-order chi connectivity index (χ0) is 9.68. The van der Waals surface area contributed by atoms with Crippen molar-refractivity contribution in [1.82, 2.24) is 10.3 Å². The first-order chi connectivity index (χ1) is 6.24. The van der Waals surface area contributed by atoms with Gasteiger partial charge in [0.15, 0.2) is 0 Å². The smallest absolute Gasteiger partial charge is 0.251 e. The normalized spacial score (nSPS) is 9.62. The standard InChI is InChI=1S/C8H9ClN2O2/c9-2-4-11-8(13)6-1-3-10-7(12)5-6/h1,3,5H,2,4H2,(H,10,12)(H,11,13). The van der Waals surface area contributed by atoms with Gasteiger partial charge in [-0.3, -0.25) is 9.59 Å². The van der Waals surface area contributed by atoms with Crippen molar-refractivity contribution in [2.45, 2.75) is 0 Å². The lowest BCUT2D eigenvalue weighted by Crippen LogP contribution is -2.26. The van der Waals surface area contributed by atoms with Crippen LogP contribution in [0.15, 0.2) is 23.1 Å². The number of hydrogen-bond donors (Lipinski definition) is 2. The average molecular weight is 201 g/mol. The first-order valence-electron chi connectivity index (χ1n) is 3.77. The molecule has 0 aliphatic carbocycles. The molecule has 5 heteroatoms. The van der Waals surface area contributed by atoms with Crippen LogP contribution in [0, 0.1) is 0 Å². The molecule has 1 aromatic heterocycles. The van der Waals surface area contributed by atoms with Crippen molar-refractivity contribution >= 4 is 17.5 Å². The molecule has 13 heavy (non-hydrogen) atoms. The van der Waals surface area contributed by atoms with Crippen molar-refractivity contribution < 1.29 is 4.79 Å². The number of rotatable bonds is 3. The number of halogens is 1. The highest BCUT2D eigenvalue weighted by Gasteiger charge is 2.03. The molecule has 0 fully saturated rings. The summed E-state index contributed by atoms with van der Waals surface area (Å²) < 4.78 is 0. The molecule has 1 heterocycles. The number of carbonyl (C=O) groups is 1. The van der Waals surface area contributed by atoms with E-state index in [2.05, 4.69) is 10.3 Å². The van der Waals surface area contributed by atoms with Crippen molar-refractivity contribution in [2.24, 2.45) is 0 Å². The number of pyridine rings is 1. The summed E-state index contributed by atoms with van der Waals surface area (Å²) >= 11 is 5.38. The van der Waals surface area contributed by atoms with Crippen LogP contribution in [0.3, 0.4) is 0 Å². The molecule has 0 bridgehead atoms. The molecule has 0 atom stereocenters. The van der Waals surface area contributed by atoms with Gasteiger partial charge in [0.05, 0.1) is 0 Å². The maximum absolute atomic E-state index is 11.2. The summed E-state index contributed by atoms with van der Waals surface area (Å²) in [5.41, 5.74) is 0.0485. The lowest BCUT2D eigenvalue weighted by Gasteiger charge is -2.00. The van der Waals surface area contributed by atoms with Gasteiger partial charge in [0.2, 0.25) is 5.56 Å². The minimum absolute atomic E-state index is 0.285. The lowest BCUT2D eigenvalue weighted by molar-refractivity contribution is 0.0956. The van der Waals surface area contributed by atoms with Crippen LogP contribution in [0.5, 0.6) is 0 Å². The second kappa shape index (κ2) is 4.67. The van der Waals surface area contributed by atoms with Gasteiger partial charge in [0.1, 0.15) is 0 Å². The maximum atomic E-state index is 11.2. The van der Waals surface area contributed by atoms with Crippen LogP contribution in [0.1, 0.15) is 10.4 Å². The Hall–Kier alpha value is -1.29. The number of alkyl halides is 1. The minimum atomic E-state index is -0.293. The van der Waals surface area contributed by atoms with E-state index in [1.165, 1.54) is 18.3 Å². The zero-order valence-electron chi connectivity index (χ0n) is 6.84. The fourth-order valence-corrected chi connectivity index (χ4v) is 0.943. The van der Waals surface area contributed by atoms with Gasteiger partial charge >= 0.3 is 0 Å². The summed E-state index contributed by atoms with van der Waals surface area (Å²) in [4.78, 5) is 24.5. The van der Waals surface area contributed by atoms with Crippen molar-refractivity contribution in [3.8, 4) is 0 Å². The molecule has 0 aromatic carbocycles. The van der Waals surface area contributed by atoms with E-state index >= 15 is 0 Å². The van der Waals surface area contributed by atoms with Gasteiger partial charge in [0.25, 0.3) is 5.91 Å². The van der Waals surface area contributed by atoms with Gasteiger partial charge < -0.3 is 10.3 Å². The van der Waals surface area contributed by atoms with Crippen LogP contribution in [0.2, 0.25) is 0 Å². The topological polar surface area (TPSA) is 62.0 Å². The average Bonchev–Trinajstić information content (AvgIpc) is 2.14. The van der Waals surface area contributed by atoms with Gasteiger partial charge in [-0.1, -0.05) is 0 Å². The van der Waals surface area contributed by atoms with Gasteiger partial charge in [-0.15, -0.1) is 11.6 Å². The van der Waals surface area contributed by atoms with Crippen molar-refractivity contribution in [3.05, 3.63) is 34.2 Å². The Bertz CT molecular complexity index is 348.